The van der Waals surface area contributed by atoms with Gasteiger partial charge in [0, 0.05) is 14.1 Å². The fraction of sp³-hybridized carbons (Fsp3) is 0.650. The number of hydrogen-bond acceptors (Lipinski definition) is 8. The molecule has 2 N–H and O–H groups in total. The molecule has 7 nitrogen and oxygen atoms in total. The van der Waals surface area contributed by atoms with Crippen LogP contribution in [0.2, 0.25) is 0 Å². The topological polar surface area (TPSA) is 83.8 Å². The summed E-state index contributed by atoms with van der Waals surface area (Å²) in [5, 5.41) is 21.4. The molecule has 11 heteroatoms. The molecule has 1 fully saturated rings. The molecule has 2 heterocycles. The molecule has 1 aromatic carbocycles. The molecule has 3 rings (SSSR count). The average molecular weight is 465 g/mol. The number of aliphatic hydroxyl groups excluding tert-OH is 2. The number of methoxy groups -OCH3 is 1. The summed E-state index contributed by atoms with van der Waals surface area (Å²) >= 11 is 1.11. The Balaban J connectivity index is 1.77. The van der Waals surface area contributed by atoms with Gasteiger partial charge in [0.25, 0.3) is 0 Å². The number of nitrogens with zero attached hydrogens (tertiary/aromatic N) is 2. The quantitative estimate of drug-likeness (QED) is 0.668. The maximum Gasteiger partial charge on any atom is 0.417 e. The predicted octanol–water partition coefficient (Wildman–Crippen LogP) is 2.18. The van der Waals surface area contributed by atoms with Crippen molar-refractivity contribution < 1.29 is 37.6 Å². The van der Waals surface area contributed by atoms with Gasteiger partial charge in [0.15, 0.2) is 11.3 Å². The zero-order valence-electron chi connectivity index (χ0n) is 17.7. The van der Waals surface area contributed by atoms with Crippen LogP contribution >= 0.6 is 11.8 Å². The number of hydrogen-bond donors (Lipinski definition) is 2. The van der Waals surface area contributed by atoms with Gasteiger partial charge in [-0.1, -0.05) is 24.8 Å². The minimum Gasteiger partial charge on any atom is -0.496 e. The minimum atomic E-state index is -4.81. The Hall–Kier alpha value is -1.53. The van der Waals surface area contributed by atoms with E-state index in [-0.39, 0.29) is 6.61 Å². The van der Waals surface area contributed by atoms with Gasteiger partial charge < -0.3 is 29.3 Å². The van der Waals surface area contributed by atoms with Crippen LogP contribution in [0.25, 0.3) is 0 Å². The third kappa shape index (κ3) is 5.11. The number of aliphatic imine (C=N–C) groups is 1. The first-order chi connectivity index (χ1) is 14.6. The normalized spacial score (nSPS) is 29.3. The summed E-state index contributed by atoms with van der Waals surface area (Å²) in [5.41, 5.74) is 0.529. The van der Waals surface area contributed by atoms with Crippen molar-refractivity contribution in [2.45, 2.75) is 62.0 Å². The number of halogens is 3. The third-order valence-electron chi connectivity index (χ3n) is 5.25. The first-order valence-electron chi connectivity index (χ1n) is 9.84. The SMILES string of the molecule is CCc1cc(COC(C2OC3SC(N(C)C)=NC3C(O)C2O)C(F)(F)F)ccc1OC. The van der Waals surface area contributed by atoms with E-state index in [0.717, 1.165) is 17.3 Å². The van der Waals surface area contributed by atoms with Gasteiger partial charge in [0.1, 0.15) is 35.5 Å². The Labute approximate surface area is 183 Å². The van der Waals surface area contributed by atoms with E-state index >= 15 is 0 Å². The first kappa shape index (κ1) is 24.1. The van der Waals surface area contributed by atoms with Gasteiger partial charge in [-0.05, 0) is 29.7 Å². The predicted molar refractivity (Wildman–Crippen MR) is 110 cm³/mol. The van der Waals surface area contributed by atoms with E-state index in [1.165, 1.54) is 7.11 Å². The monoisotopic (exact) mass is 464 g/mol. The molecule has 6 unspecified atom stereocenters. The van der Waals surface area contributed by atoms with Gasteiger partial charge in [0.2, 0.25) is 0 Å². The van der Waals surface area contributed by atoms with Crippen LogP contribution in [0.15, 0.2) is 23.2 Å². The van der Waals surface area contributed by atoms with Crippen molar-refractivity contribution in [2.75, 3.05) is 21.2 Å². The largest absolute Gasteiger partial charge is 0.496 e. The van der Waals surface area contributed by atoms with Crippen LogP contribution in [-0.4, -0.2) is 83.6 Å². The van der Waals surface area contributed by atoms with Gasteiger partial charge in [-0.3, -0.25) is 4.99 Å². The van der Waals surface area contributed by atoms with E-state index < -0.39 is 42.1 Å². The summed E-state index contributed by atoms with van der Waals surface area (Å²) in [6.45, 7) is 1.57. The molecule has 174 valence electrons. The lowest BCUT2D eigenvalue weighted by molar-refractivity contribution is -0.286. The highest BCUT2D eigenvalue weighted by Gasteiger charge is 2.57. The van der Waals surface area contributed by atoms with E-state index in [1.54, 1.807) is 37.2 Å². The number of thioether (sulfide) groups is 1. The Bertz CT molecular complexity index is 808. The van der Waals surface area contributed by atoms with Crippen molar-refractivity contribution in [1.29, 1.82) is 0 Å². The summed E-state index contributed by atoms with van der Waals surface area (Å²) in [4.78, 5) is 5.94. The average Bonchev–Trinajstić information content (AvgIpc) is 3.15. The molecule has 1 aromatic rings. The fourth-order valence-electron chi connectivity index (χ4n) is 3.60. The second-order valence-electron chi connectivity index (χ2n) is 7.64. The van der Waals surface area contributed by atoms with Crippen LogP contribution in [0, 0.1) is 0 Å². The van der Waals surface area contributed by atoms with Gasteiger partial charge >= 0.3 is 6.18 Å². The van der Waals surface area contributed by atoms with E-state index in [4.69, 9.17) is 14.2 Å². The molecule has 0 radical (unpaired) electrons. The van der Waals surface area contributed by atoms with E-state index in [2.05, 4.69) is 4.99 Å². The molecule has 0 aliphatic carbocycles. The molecule has 31 heavy (non-hydrogen) atoms. The van der Waals surface area contributed by atoms with Crippen LogP contribution in [0.5, 0.6) is 5.75 Å². The summed E-state index contributed by atoms with van der Waals surface area (Å²) in [6, 6.07) is 4.17. The lowest BCUT2D eigenvalue weighted by Crippen LogP contribution is -2.61. The number of amidine groups is 1. The number of aliphatic hydroxyl groups is 2. The standard InChI is InChI=1S/C20H27F3N2O5S/c1-5-11-8-10(6-7-12(11)28-4)9-29-17(20(21,22)23)16-15(27)14(26)13-18(30-16)31-19(24-13)25(2)3/h6-8,13-18,26-27H,5,9H2,1-4H3. The molecule has 0 amide bonds. The number of fused-ring (bicyclic) bond motifs is 1. The molecular weight excluding hydrogens is 437 g/mol. The highest BCUT2D eigenvalue weighted by molar-refractivity contribution is 8.14. The first-order valence-corrected chi connectivity index (χ1v) is 10.7. The van der Waals surface area contributed by atoms with Crippen LogP contribution in [0.3, 0.4) is 0 Å². The Kier molecular flexibility index (Phi) is 7.42. The fourth-order valence-corrected chi connectivity index (χ4v) is 4.75. The number of alkyl halides is 3. The minimum absolute atomic E-state index is 0.343. The molecule has 2 aliphatic rings. The highest BCUT2D eigenvalue weighted by Crippen LogP contribution is 2.41. The third-order valence-corrected chi connectivity index (χ3v) is 6.55. The number of ether oxygens (including phenoxy) is 3. The van der Waals surface area contributed by atoms with Gasteiger partial charge in [-0.2, -0.15) is 13.2 Å². The van der Waals surface area contributed by atoms with Crippen molar-refractivity contribution >= 4 is 16.9 Å². The molecule has 0 saturated carbocycles. The zero-order chi connectivity index (χ0) is 22.9. The van der Waals surface area contributed by atoms with Gasteiger partial charge in [-0.25, -0.2) is 0 Å². The smallest absolute Gasteiger partial charge is 0.417 e. The van der Waals surface area contributed by atoms with Crippen molar-refractivity contribution in [3.63, 3.8) is 0 Å². The highest BCUT2D eigenvalue weighted by atomic mass is 32.2. The van der Waals surface area contributed by atoms with E-state index in [1.807, 2.05) is 6.92 Å². The van der Waals surface area contributed by atoms with Crippen LogP contribution in [0.4, 0.5) is 13.2 Å². The summed E-state index contributed by atoms with van der Waals surface area (Å²) in [7, 11) is 4.98. The van der Waals surface area contributed by atoms with Crippen LogP contribution in [-0.2, 0) is 22.5 Å². The molecular formula is C20H27F3N2O5S. The molecule has 6 atom stereocenters. The van der Waals surface area contributed by atoms with Crippen LogP contribution in [0.1, 0.15) is 18.1 Å². The summed E-state index contributed by atoms with van der Waals surface area (Å²) in [6.07, 6.45) is -11.7. The van der Waals surface area contributed by atoms with Gasteiger partial charge in [-0.15, -0.1) is 0 Å². The van der Waals surface area contributed by atoms with Gasteiger partial charge in [0.05, 0.1) is 13.7 Å². The van der Waals surface area contributed by atoms with Crippen molar-refractivity contribution in [1.82, 2.24) is 4.90 Å². The Morgan fingerprint density at radius 2 is 1.97 bits per heavy atom. The number of aryl methyl sites for hydroxylation is 1. The lowest BCUT2D eigenvalue weighted by Gasteiger charge is -2.41. The Morgan fingerprint density at radius 1 is 1.26 bits per heavy atom. The maximum atomic E-state index is 13.9. The van der Waals surface area contributed by atoms with E-state index in [0.29, 0.717) is 22.9 Å². The maximum absolute atomic E-state index is 13.9. The molecule has 2 aliphatic heterocycles. The lowest BCUT2D eigenvalue weighted by atomic mass is 9.94. The zero-order valence-corrected chi connectivity index (χ0v) is 18.5. The molecule has 0 bridgehead atoms. The van der Waals surface area contributed by atoms with Crippen molar-refractivity contribution in [2.24, 2.45) is 4.99 Å². The summed E-state index contributed by atoms with van der Waals surface area (Å²) < 4.78 is 57.6. The van der Waals surface area contributed by atoms with E-state index in [9.17, 15) is 23.4 Å². The molecule has 0 spiro atoms. The second kappa shape index (κ2) is 9.53. The van der Waals surface area contributed by atoms with Crippen LogP contribution < -0.4 is 4.74 Å². The van der Waals surface area contributed by atoms with Crippen molar-refractivity contribution in [3.05, 3.63) is 29.3 Å². The number of rotatable bonds is 6. The number of benzene rings is 1. The molecule has 1 saturated heterocycles. The molecule has 0 aromatic heterocycles. The Morgan fingerprint density at radius 3 is 2.55 bits per heavy atom. The summed E-state index contributed by atoms with van der Waals surface area (Å²) in [5.74, 6) is 0.647. The van der Waals surface area contributed by atoms with Crippen molar-refractivity contribution in [3.8, 4) is 5.75 Å². The second-order valence-corrected chi connectivity index (χ2v) is 8.70.